The molecule has 0 saturated carbocycles. The second-order valence-corrected chi connectivity index (χ2v) is 6.27. The van der Waals surface area contributed by atoms with E-state index in [4.69, 9.17) is 5.73 Å². The number of piperidine rings is 1. The predicted molar refractivity (Wildman–Crippen MR) is 83.9 cm³/mol. The maximum atomic E-state index is 12.6. The molecule has 1 aromatic rings. The Hall–Kier alpha value is -1.39. The maximum Gasteiger partial charge on any atom is 0.239 e. The molecular weight excluding hydrogens is 262 g/mol. The van der Waals surface area contributed by atoms with E-state index in [1.54, 1.807) is 0 Å². The lowest BCUT2D eigenvalue weighted by atomic mass is 9.98. The van der Waals surface area contributed by atoms with Crippen molar-refractivity contribution in [2.75, 3.05) is 26.2 Å². The highest BCUT2D eigenvalue weighted by Crippen LogP contribution is 2.21. The molecular formula is C17H25N3O. The molecule has 2 aliphatic heterocycles. The zero-order valence-corrected chi connectivity index (χ0v) is 12.6. The van der Waals surface area contributed by atoms with Crippen LogP contribution in [0, 0.1) is 0 Å². The van der Waals surface area contributed by atoms with Crippen LogP contribution in [0.2, 0.25) is 0 Å². The number of hydrogen-bond acceptors (Lipinski definition) is 3. The first-order valence-electron chi connectivity index (χ1n) is 8.06. The second kappa shape index (κ2) is 6.58. The normalized spacial score (nSPS) is 24.4. The van der Waals surface area contributed by atoms with E-state index in [1.807, 2.05) is 35.2 Å². The summed E-state index contributed by atoms with van der Waals surface area (Å²) in [4.78, 5) is 17.1. The Morgan fingerprint density at radius 3 is 2.81 bits per heavy atom. The van der Waals surface area contributed by atoms with Gasteiger partial charge in [-0.2, -0.15) is 0 Å². The molecule has 1 amide bonds. The van der Waals surface area contributed by atoms with E-state index >= 15 is 0 Å². The highest BCUT2D eigenvalue weighted by atomic mass is 16.2. The Morgan fingerprint density at radius 1 is 1.19 bits per heavy atom. The Morgan fingerprint density at radius 2 is 2.00 bits per heavy atom. The average molecular weight is 287 g/mol. The van der Waals surface area contributed by atoms with Gasteiger partial charge in [0, 0.05) is 25.7 Å². The molecule has 0 aromatic heterocycles. The molecule has 4 heteroatoms. The van der Waals surface area contributed by atoms with E-state index in [0.29, 0.717) is 12.5 Å². The first kappa shape index (κ1) is 14.5. The molecule has 4 nitrogen and oxygen atoms in total. The van der Waals surface area contributed by atoms with Crippen molar-refractivity contribution in [3.63, 3.8) is 0 Å². The number of carbonyl (C=O) groups excluding carboxylic acids is 1. The summed E-state index contributed by atoms with van der Waals surface area (Å²) in [5.74, 6) is 0.115. The van der Waals surface area contributed by atoms with Crippen molar-refractivity contribution in [2.45, 2.75) is 37.8 Å². The van der Waals surface area contributed by atoms with Crippen LogP contribution in [0.5, 0.6) is 0 Å². The molecule has 0 spiro atoms. The molecule has 2 heterocycles. The third-order valence-corrected chi connectivity index (χ3v) is 4.76. The number of benzene rings is 1. The number of piperazine rings is 1. The van der Waals surface area contributed by atoms with Crippen LogP contribution in [-0.2, 0) is 11.2 Å². The molecule has 2 atom stereocenters. The third kappa shape index (κ3) is 3.44. The van der Waals surface area contributed by atoms with Crippen LogP contribution < -0.4 is 5.73 Å². The maximum absolute atomic E-state index is 12.6. The van der Waals surface area contributed by atoms with Gasteiger partial charge in [0.1, 0.15) is 0 Å². The quantitative estimate of drug-likeness (QED) is 0.910. The standard InChI is InChI=1S/C17H25N3O/c18-16(12-14-6-2-1-3-7-14)17(21)20-11-10-19-9-5-4-8-15(19)13-20/h1-3,6-7,15-16H,4-5,8-13,18H2/t15?,16-/m0/s1. The zero-order chi connectivity index (χ0) is 14.7. The summed E-state index contributed by atoms with van der Waals surface area (Å²) >= 11 is 0. The van der Waals surface area contributed by atoms with Crippen LogP contribution in [0.15, 0.2) is 30.3 Å². The number of fused-ring (bicyclic) bond motifs is 1. The highest BCUT2D eigenvalue weighted by molar-refractivity contribution is 5.82. The smallest absolute Gasteiger partial charge is 0.239 e. The van der Waals surface area contributed by atoms with Gasteiger partial charge in [0.15, 0.2) is 0 Å². The van der Waals surface area contributed by atoms with Crippen LogP contribution in [0.1, 0.15) is 24.8 Å². The molecule has 2 fully saturated rings. The van der Waals surface area contributed by atoms with Crippen LogP contribution in [-0.4, -0.2) is 54.0 Å². The van der Waals surface area contributed by atoms with Gasteiger partial charge in [0.05, 0.1) is 6.04 Å². The molecule has 21 heavy (non-hydrogen) atoms. The van der Waals surface area contributed by atoms with Crippen LogP contribution in [0.25, 0.3) is 0 Å². The molecule has 0 aliphatic carbocycles. The lowest BCUT2D eigenvalue weighted by molar-refractivity contribution is -0.136. The molecule has 0 bridgehead atoms. The minimum absolute atomic E-state index is 0.115. The summed E-state index contributed by atoms with van der Waals surface area (Å²) < 4.78 is 0. The van der Waals surface area contributed by atoms with Crippen LogP contribution >= 0.6 is 0 Å². The molecule has 0 radical (unpaired) electrons. The monoisotopic (exact) mass is 287 g/mol. The summed E-state index contributed by atoms with van der Waals surface area (Å²) in [6.07, 6.45) is 4.44. The number of nitrogens with zero attached hydrogens (tertiary/aromatic N) is 2. The molecule has 1 aromatic carbocycles. The van der Waals surface area contributed by atoms with E-state index in [2.05, 4.69) is 4.90 Å². The van der Waals surface area contributed by atoms with Gasteiger partial charge >= 0.3 is 0 Å². The number of carbonyl (C=O) groups is 1. The van der Waals surface area contributed by atoms with E-state index in [-0.39, 0.29) is 5.91 Å². The summed E-state index contributed by atoms with van der Waals surface area (Å²) in [6, 6.07) is 10.2. The number of hydrogen-bond donors (Lipinski definition) is 1. The van der Waals surface area contributed by atoms with Crippen molar-refractivity contribution in [3.05, 3.63) is 35.9 Å². The Balaban J connectivity index is 1.57. The van der Waals surface area contributed by atoms with Crippen molar-refractivity contribution in [2.24, 2.45) is 5.73 Å². The van der Waals surface area contributed by atoms with Crippen molar-refractivity contribution in [3.8, 4) is 0 Å². The van der Waals surface area contributed by atoms with Gasteiger partial charge in [-0.3, -0.25) is 9.69 Å². The zero-order valence-electron chi connectivity index (χ0n) is 12.6. The fourth-order valence-corrected chi connectivity index (χ4v) is 3.55. The van der Waals surface area contributed by atoms with Gasteiger partial charge in [-0.25, -0.2) is 0 Å². The average Bonchev–Trinajstić information content (AvgIpc) is 2.54. The molecule has 1 unspecified atom stereocenters. The van der Waals surface area contributed by atoms with Gasteiger partial charge in [-0.1, -0.05) is 36.8 Å². The first-order chi connectivity index (χ1) is 10.2. The van der Waals surface area contributed by atoms with E-state index < -0.39 is 6.04 Å². The third-order valence-electron chi connectivity index (χ3n) is 4.76. The van der Waals surface area contributed by atoms with Crippen molar-refractivity contribution in [1.29, 1.82) is 0 Å². The number of amides is 1. The molecule has 2 aliphatic rings. The number of nitrogens with two attached hydrogens (primary N) is 1. The summed E-state index contributed by atoms with van der Waals surface area (Å²) in [5.41, 5.74) is 7.28. The summed E-state index contributed by atoms with van der Waals surface area (Å²) in [6.45, 7) is 3.90. The Kier molecular flexibility index (Phi) is 4.56. The minimum Gasteiger partial charge on any atom is -0.338 e. The lowest BCUT2D eigenvalue weighted by Gasteiger charge is -2.44. The first-order valence-corrected chi connectivity index (χ1v) is 8.06. The molecule has 2 saturated heterocycles. The fraction of sp³-hybridized carbons (Fsp3) is 0.588. The molecule has 114 valence electrons. The van der Waals surface area contributed by atoms with Crippen molar-refractivity contribution < 1.29 is 4.79 Å². The van der Waals surface area contributed by atoms with Crippen molar-refractivity contribution >= 4 is 5.91 Å². The van der Waals surface area contributed by atoms with Gasteiger partial charge in [0.25, 0.3) is 0 Å². The van der Waals surface area contributed by atoms with E-state index in [1.165, 1.54) is 25.8 Å². The summed E-state index contributed by atoms with van der Waals surface area (Å²) in [7, 11) is 0. The Labute approximate surface area is 126 Å². The topological polar surface area (TPSA) is 49.6 Å². The second-order valence-electron chi connectivity index (χ2n) is 6.27. The van der Waals surface area contributed by atoms with Gasteiger partial charge in [-0.05, 0) is 31.4 Å². The Bertz CT molecular complexity index is 476. The van der Waals surface area contributed by atoms with Gasteiger partial charge in [0.2, 0.25) is 5.91 Å². The van der Waals surface area contributed by atoms with E-state index in [0.717, 1.165) is 25.2 Å². The van der Waals surface area contributed by atoms with Crippen LogP contribution in [0.4, 0.5) is 0 Å². The summed E-state index contributed by atoms with van der Waals surface area (Å²) in [5, 5.41) is 0. The van der Waals surface area contributed by atoms with Crippen LogP contribution in [0.3, 0.4) is 0 Å². The molecule has 3 rings (SSSR count). The SMILES string of the molecule is N[C@@H](Cc1ccccc1)C(=O)N1CCN2CCCCC2C1. The lowest BCUT2D eigenvalue weighted by Crippen LogP contribution is -2.58. The predicted octanol–water partition coefficient (Wildman–Crippen LogP) is 1.25. The van der Waals surface area contributed by atoms with Gasteiger partial charge < -0.3 is 10.6 Å². The number of rotatable bonds is 3. The fourth-order valence-electron chi connectivity index (χ4n) is 3.55. The van der Waals surface area contributed by atoms with Gasteiger partial charge in [-0.15, -0.1) is 0 Å². The molecule has 2 N–H and O–H groups in total. The highest BCUT2D eigenvalue weighted by Gasteiger charge is 2.32. The van der Waals surface area contributed by atoms with E-state index in [9.17, 15) is 4.79 Å². The minimum atomic E-state index is -0.414. The van der Waals surface area contributed by atoms with Crippen molar-refractivity contribution in [1.82, 2.24) is 9.80 Å². The largest absolute Gasteiger partial charge is 0.338 e.